The summed E-state index contributed by atoms with van der Waals surface area (Å²) in [6.07, 6.45) is 3.86. The van der Waals surface area contributed by atoms with E-state index in [0.29, 0.717) is 37.7 Å². The van der Waals surface area contributed by atoms with Gasteiger partial charge in [-0.05, 0) is 32.0 Å². The van der Waals surface area contributed by atoms with Crippen molar-refractivity contribution in [2.45, 2.75) is 25.9 Å². The summed E-state index contributed by atoms with van der Waals surface area (Å²) < 4.78 is 13.4. The number of aromatic nitrogens is 5. The average Bonchev–Trinajstić information content (AvgIpc) is 3.44. The number of carbonyl (C=O) groups excluding carboxylic acids is 1. The lowest BCUT2D eigenvalue weighted by molar-refractivity contribution is -0.133. The fourth-order valence-electron chi connectivity index (χ4n) is 4.05. The van der Waals surface area contributed by atoms with Gasteiger partial charge in [0.1, 0.15) is 18.3 Å². The van der Waals surface area contributed by atoms with Crippen molar-refractivity contribution in [2.75, 3.05) is 37.7 Å². The number of piperazine rings is 1. The summed E-state index contributed by atoms with van der Waals surface area (Å²) in [4.78, 5) is 20.6. The van der Waals surface area contributed by atoms with Crippen LogP contribution in [0, 0.1) is 0 Å². The van der Waals surface area contributed by atoms with Crippen LogP contribution in [0.2, 0.25) is 0 Å². The Labute approximate surface area is 185 Å². The van der Waals surface area contributed by atoms with E-state index >= 15 is 0 Å². The summed E-state index contributed by atoms with van der Waals surface area (Å²) in [6.45, 7) is 6.66. The number of rotatable bonds is 5. The van der Waals surface area contributed by atoms with E-state index in [1.54, 1.807) is 11.0 Å². The molecule has 0 spiro atoms. The standard InChI is InChI=1S/C22H25N7O3/c1-22(2)12-16-4-3-5-17(21(16)32-22)31-13-20(30)28-10-8-27(9-11-28)18-6-7-19(26-25-18)29-15-23-14-24-29/h3-7,14-15H,8-13H2,1-2H3. The number of amides is 1. The van der Waals surface area contributed by atoms with Gasteiger partial charge in [0.25, 0.3) is 5.91 Å². The van der Waals surface area contributed by atoms with Crippen molar-refractivity contribution in [3.05, 3.63) is 48.5 Å². The summed E-state index contributed by atoms with van der Waals surface area (Å²) in [5, 5.41) is 12.6. The number of ether oxygens (including phenoxy) is 2. The predicted octanol–water partition coefficient (Wildman–Crippen LogP) is 1.50. The van der Waals surface area contributed by atoms with Gasteiger partial charge in [0.15, 0.2) is 29.7 Å². The van der Waals surface area contributed by atoms with Crippen molar-refractivity contribution in [3.63, 3.8) is 0 Å². The molecule has 0 aliphatic carbocycles. The summed E-state index contributed by atoms with van der Waals surface area (Å²) in [7, 11) is 0. The van der Waals surface area contributed by atoms with Crippen LogP contribution in [0.25, 0.3) is 5.82 Å². The summed E-state index contributed by atoms with van der Waals surface area (Å²) >= 11 is 0. The molecule has 1 amide bonds. The van der Waals surface area contributed by atoms with Crippen LogP contribution in [0.15, 0.2) is 43.0 Å². The van der Waals surface area contributed by atoms with Crippen molar-refractivity contribution < 1.29 is 14.3 Å². The van der Waals surface area contributed by atoms with Crippen LogP contribution in [0.4, 0.5) is 5.82 Å². The van der Waals surface area contributed by atoms with E-state index in [2.05, 4.69) is 25.2 Å². The number of para-hydroxylation sites is 1. The lowest BCUT2D eigenvalue weighted by atomic mass is 10.0. The van der Waals surface area contributed by atoms with Gasteiger partial charge in [-0.2, -0.15) is 5.10 Å². The predicted molar refractivity (Wildman–Crippen MR) is 116 cm³/mol. The first-order valence-corrected chi connectivity index (χ1v) is 10.6. The molecule has 0 saturated carbocycles. The number of hydrogen-bond acceptors (Lipinski definition) is 8. The lowest BCUT2D eigenvalue weighted by Crippen LogP contribution is -2.50. The third-order valence-electron chi connectivity index (χ3n) is 5.65. The second kappa shape index (κ2) is 8.10. The van der Waals surface area contributed by atoms with Crippen LogP contribution in [0.5, 0.6) is 11.5 Å². The molecule has 2 aliphatic heterocycles. The highest BCUT2D eigenvalue weighted by Gasteiger charge is 2.32. The maximum Gasteiger partial charge on any atom is 0.260 e. The van der Waals surface area contributed by atoms with E-state index in [9.17, 15) is 4.79 Å². The Hall–Kier alpha value is -3.69. The largest absolute Gasteiger partial charge is 0.483 e. The number of benzene rings is 1. The normalized spacial score (nSPS) is 17.1. The Balaban J connectivity index is 1.14. The molecule has 2 aliphatic rings. The molecule has 4 heterocycles. The van der Waals surface area contributed by atoms with Gasteiger partial charge in [0, 0.05) is 38.2 Å². The maximum absolute atomic E-state index is 12.7. The first kappa shape index (κ1) is 20.2. The zero-order valence-corrected chi connectivity index (χ0v) is 18.1. The van der Waals surface area contributed by atoms with E-state index in [1.807, 2.05) is 49.1 Å². The zero-order valence-electron chi connectivity index (χ0n) is 18.1. The first-order chi connectivity index (χ1) is 15.5. The van der Waals surface area contributed by atoms with Crippen molar-refractivity contribution in [3.8, 4) is 17.3 Å². The van der Waals surface area contributed by atoms with Crippen LogP contribution in [-0.2, 0) is 11.2 Å². The molecule has 166 valence electrons. The molecule has 2 aromatic heterocycles. The van der Waals surface area contributed by atoms with E-state index in [4.69, 9.17) is 9.47 Å². The maximum atomic E-state index is 12.7. The van der Waals surface area contributed by atoms with Gasteiger partial charge in [0.05, 0.1) is 0 Å². The number of nitrogens with zero attached hydrogens (tertiary/aromatic N) is 7. The molecule has 5 rings (SSSR count). The molecule has 0 unspecified atom stereocenters. The second-order valence-corrected chi connectivity index (χ2v) is 8.53. The zero-order chi connectivity index (χ0) is 22.1. The van der Waals surface area contributed by atoms with Gasteiger partial charge in [-0.1, -0.05) is 12.1 Å². The molecule has 0 atom stereocenters. The number of hydrogen-bond donors (Lipinski definition) is 0. The Bertz CT molecular complexity index is 1090. The molecule has 3 aromatic rings. The highest BCUT2D eigenvalue weighted by molar-refractivity contribution is 5.78. The molecular formula is C22H25N7O3. The van der Waals surface area contributed by atoms with Gasteiger partial charge < -0.3 is 19.3 Å². The summed E-state index contributed by atoms with van der Waals surface area (Å²) in [5.41, 5.74) is 0.864. The smallest absolute Gasteiger partial charge is 0.260 e. The Morgan fingerprint density at radius 1 is 1.09 bits per heavy atom. The number of anilines is 1. The number of carbonyl (C=O) groups is 1. The minimum Gasteiger partial charge on any atom is -0.483 e. The van der Waals surface area contributed by atoms with Gasteiger partial charge in [0.2, 0.25) is 0 Å². The SMILES string of the molecule is CC1(C)Cc2cccc(OCC(=O)N3CCN(c4ccc(-n5cncn5)nn4)CC3)c2O1. The molecule has 1 aromatic carbocycles. The van der Waals surface area contributed by atoms with Crippen LogP contribution in [-0.4, -0.2) is 74.2 Å². The molecule has 32 heavy (non-hydrogen) atoms. The molecule has 1 fully saturated rings. The fraction of sp³-hybridized carbons (Fsp3) is 0.409. The van der Waals surface area contributed by atoms with Crippen molar-refractivity contribution in [1.82, 2.24) is 29.9 Å². The van der Waals surface area contributed by atoms with Crippen LogP contribution in [0.3, 0.4) is 0 Å². The molecule has 1 saturated heterocycles. The fourth-order valence-corrected chi connectivity index (χ4v) is 4.05. The molecule has 0 bridgehead atoms. The van der Waals surface area contributed by atoms with Gasteiger partial charge in [-0.25, -0.2) is 9.67 Å². The van der Waals surface area contributed by atoms with Crippen molar-refractivity contribution in [2.24, 2.45) is 0 Å². The van der Waals surface area contributed by atoms with Crippen LogP contribution < -0.4 is 14.4 Å². The molecule has 0 N–H and O–H groups in total. The molecular weight excluding hydrogens is 410 g/mol. The van der Waals surface area contributed by atoms with E-state index in [0.717, 1.165) is 23.6 Å². The van der Waals surface area contributed by atoms with Gasteiger partial charge >= 0.3 is 0 Å². The first-order valence-electron chi connectivity index (χ1n) is 10.6. The minimum atomic E-state index is -0.251. The van der Waals surface area contributed by atoms with Crippen molar-refractivity contribution >= 4 is 11.7 Å². The molecule has 10 heteroatoms. The lowest BCUT2D eigenvalue weighted by Gasteiger charge is -2.35. The Kier molecular flexibility index (Phi) is 5.12. The second-order valence-electron chi connectivity index (χ2n) is 8.53. The topological polar surface area (TPSA) is 98.5 Å². The molecule has 0 radical (unpaired) electrons. The third-order valence-corrected chi connectivity index (χ3v) is 5.65. The molecule has 10 nitrogen and oxygen atoms in total. The summed E-state index contributed by atoms with van der Waals surface area (Å²) in [6, 6.07) is 9.59. The minimum absolute atomic E-state index is 0.00729. The van der Waals surface area contributed by atoms with Gasteiger partial charge in [-0.3, -0.25) is 4.79 Å². The summed E-state index contributed by atoms with van der Waals surface area (Å²) in [5.74, 6) is 2.73. The van der Waals surface area contributed by atoms with Crippen molar-refractivity contribution in [1.29, 1.82) is 0 Å². The van der Waals surface area contributed by atoms with E-state index < -0.39 is 0 Å². The van der Waals surface area contributed by atoms with Crippen LogP contribution >= 0.6 is 0 Å². The van der Waals surface area contributed by atoms with E-state index in [1.165, 1.54) is 6.33 Å². The van der Waals surface area contributed by atoms with Crippen LogP contribution in [0.1, 0.15) is 19.4 Å². The Morgan fingerprint density at radius 2 is 1.88 bits per heavy atom. The van der Waals surface area contributed by atoms with Gasteiger partial charge in [-0.15, -0.1) is 10.2 Å². The monoisotopic (exact) mass is 435 g/mol. The Morgan fingerprint density at radius 3 is 2.59 bits per heavy atom. The third kappa shape index (κ3) is 4.08. The highest BCUT2D eigenvalue weighted by atomic mass is 16.5. The van der Waals surface area contributed by atoms with E-state index in [-0.39, 0.29) is 18.1 Å². The average molecular weight is 435 g/mol. The highest BCUT2D eigenvalue weighted by Crippen LogP contribution is 2.41. The number of fused-ring (bicyclic) bond motifs is 1. The quantitative estimate of drug-likeness (QED) is 0.595.